The Morgan fingerprint density at radius 3 is 2.94 bits per heavy atom. The molecule has 1 N–H and O–H groups in total. The van der Waals surface area contributed by atoms with E-state index in [4.69, 9.17) is 4.74 Å². The summed E-state index contributed by atoms with van der Waals surface area (Å²) in [6.07, 6.45) is 6.75. The van der Waals surface area contributed by atoms with E-state index in [2.05, 4.69) is 26.8 Å². The molecule has 5 nitrogen and oxygen atoms in total. The number of hydrogen-bond acceptors (Lipinski definition) is 4. The molecule has 3 rings (SSSR count). The van der Waals surface area contributed by atoms with E-state index in [9.17, 15) is 0 Å². The third-order valence-corrected chi connectivity index (χ3v) is 3.97. The summed E-state index contributed by atoms with van der Waals surface area (Å²) in [6.45, 7) is 2.77. The van der Waals surface area contributed by atoms with Crippen molar-refractivity contribution in [3.8, 4) is 0 Å². The molecule has 0 amide bonds. The molecule has 1 aliphatic carbocycles. The molecule has 2 heterocycles. The van der Waals surface area contributed by atoms with Gasteiger partial charge < -0.3 is 14.6 Å². The predicted molar refractivity (Wildman–Crippen MR) is 69.3 cm³/mol. The summed E-state index contributed by atoms with van der Waals surface area (Å²) in [4.78, 5) is 6.88. The van der Waals surface area contributed by atoms with Crippen molar-refractivity contribution in [3.05, 3.63) is 18.2 Å². The molecular formula is C13H22N4O. The summed E-state index contributed by atoms with van der Waals surface area (Å²) >= 11 is 0. The van der Waals surface area contributed by atoms with Gasteiger partial charge in [0.05, 0.1) is 30.8 Å². The van der Waals surface area contributed by atoms with Gasteiger partial charge in [-0.1, -0.05) is 0 Å². The topological polar surface area (TPSA) is 42.3 Å². The van der Waals surface area contributed by atoms with Gasteiger partial charge in [0, 0.05) is 32.4 Å². The van der Waals surface area contributed by atoms with Crippen molar-refractivity contribution in [2.45, 2.75) is 31.0 Å². The molecule has 2 aliphatic rings. The van der Waals surface area contributed by atoms with Crippen LogP contribution in [0.4, 0.5) is 0 Å². The monoisotopic (exact) mass is 250 g/mol. The molecule has 0 bridgehead atoms. The lowest BCUT2D eigenvalue weighted by atomic mass is 10.0. The molecular weight excluding hydrogens is 228 g/mol. The Morgan fingerprint density at radius 1 is 1.50 bits per heavy atom. The molecule has 2 fully saturated rings. The van der Waals surface area contributed by atoms with Crippen LogP contribution < -0.4 is 5.32 Å². The largest absolute Gasteiger partial charge is 0.374 e. The Bertz CT molecular complexity index is 399. The Kier molecular flexibility index (Phi) is 3.37. The van der Waals surface area contributed by atoms with Crippen molar-refractivity contribution in [2.24, 2.45) is 7.05 Å². The summed E-state index contributed by atoms with van der Waals surface area (Å²) in [6, 6.07) is 1.10. The molecule has 18 heavy (non-hydrogen) atoms. The van der Waals surface area contributed by atoms with Gasteiger partial charge in [-0.3, -0.25) is 4.90 Å². The van der Waals surface area contributed by atoms with Gasteiger partial charge in [0.2, 0.25) is 0 Å². The Hall–Kier alpha value is -0.910. The van der Waals surface area contributed by atoms with Crippen molar-refractivity contribution in [2.75, 3.05) is 26.7 Å². The second-order valence-electron chi connectivity index (χ2n) is 5.31. The van der Waals surface area contributed by atoms with Crippen LogP contribution in [0.5, 0.6) is 0 Å². The molecule has 2 unspecified atom stereocenters. The van der Waals surface area contributed by atoms with Gasteiger partial charge >= 0.3 is 0 Å². The predicted octanol–water partition coefficient (Wildman–Crippen LogP) is 0.544. The highest BCUT2D eigenvalue weighted by Gasteiger charge is 2.42. The lowest BCUT2D eigenvalue weighted by molar-refractivity contribution is -0.0761. The molecule has 0 radical (unpaired) electrons. The molecule has 1 aromatic heterocycles. The summed E-state index contributed by atoms with van der Waals surface area (Å²) in [7, 11) is 4.05. The SMILES string of the molecule is CNCC1OCCN(C2CC2)C1c1cncn1C. The summed E-state index contributed by atoms with van der Waals surface area (Å²) < 4.78 is 8.10. The number of hydrogen-bond donors (Lipinski definition) is 1. The maximum atomic E-state index is 5.97. The first-order valence-corrected chi connectivity index (χ1v) is 6.79. The molecule has 0 spiro atoms. The highest BCUT2D eigenvalue weighted by Crippen LogP contribution is 2.38. The van der Waals surface area contributed by atoms with E-state index >= 15 is 0 Å². The number of morpholine rings is 1. The number of imidazole rings is 1. The number of likely N-dealkylation sites (N-methyl/N-ethyl adjacent to an activating group) is 1. The van der Waals surface area contributed by atoms with Gasteiger partial charge in [-0.2, -0.15) is 0 Å². The number of ether oxygens (including phenoxy) is 1. The first kappa shape index (κ1) is 12.1. The van der Waals surface area contributed by atoms with E-state index in [0.29, 0.717) is 6.04 Å². The van der Waals surface area contributed by atoms with E-state index in [0.717, 1.165) is 25.7 Å². The van der Waals surface area contributed by atoms with Crippen molar-refractivity contribution in [1.29, 1.82) is 0 Å². The van der Waals surface area contributed by atoms with Crippen molar-refractivity contribution >= 4 is 0 Å². The number of aromatic nitrogens is 2. The lowest BCUT2D eigenvalue weighted by Crippen LogP contribution is -2.50. The van der Waals surface area contributed by atoms with Crippen LogP contribution in [0.3, 0.4) is 0 Å². The van der Waals surface area contributed by atoms with Crippen molar-refractivity contribution < 1.29 is 4.74 Å². The number of aryl methyl sites for hydroxylation is 1. The molecule has 1 aliphatic heterocycles. The van der Waals surface area contributed by atoms with Gasteiger partial charge in [-0.25, -0.2) is 4.98 Å². The van der Waals surface area contributed by atoms with Gasteiger partial charge in [0.15, 0.2) is 0 Å². The Balaban J connectivity index is 1.88. The molecule has 5 heteroatoms. The minimum absolute atomic E-state index is 0.222. The van der Waals surface area contributed by atoms with E-state index < -0.39 is 0 Å². The smallest absolute Gasteiger partial charge is 0.0946 e. The maximum absolute atomic E-state index is 5.97. The van der Waals surface area contributed by atoms with Crippen LogP contribution in [-0.4, -0.2) is 53.3 Å². The zero-order chi connectivity index (χ0) is 12.5. The van der Waals surface area contributed by atoms with Crippen LogP contribution in [0.25, 0.3) is 0 Å². The Morgan fingerprint density at radius 2 is 2.33 bits per heavy atom. The van der Waals surface area contributed by atoms with Crippen LogP contribution >= 0.6 is 0 Å². The first-order valence-electron chi connectivity index (χ1n) is 6.79. The van der Waals surface area contributed by atoms with Crippen LogP contribution in [0, 0.1) is 0 Å². The highest BCUT2D eigenvalue weighted by molar-refractivity contribution is 5.11. The second kappa shape index (κ2) is 4.99. The number of nitrogens with one attached hydrogen (secondary N) is 1. The van der Waals surface area contributed by atoms with E-state index in [1.807, 2.05) is 19.6 Å². The molecule has 100 valence electrons. The minimum atomic E-state index is 0.222. The third kappa shape index (κ3) is 2.18. The summed E-state index contributed by atoms with van der Waals surface area (Å²) in [5.74, 6) is 0. The van der Waals surface area contributed by atoms with Gasteiger partial charge in [-0.05, 0) is 19.9 Å². The molecule has 1 aromatic rings. The van der Waals surface area contributed by atoms with E-state index in [-0.39, 0.29) is 6.10 Å². The first-order chi connectivity index (χ1) is 8.81. The molecule has 2 atom stereocenters. The van der Waals surface area contributed by atoms with Crippen LogP contribution in [0.15, 0.2) is 12.5 Å². The molecule has 1 saturated heterocycles. The number of nitrogens with zero attached hydrogens (tertiary/aromatic N) is 3. The van der Waals surface area contributed by atoms with Crippen LogP contribution in [0.1, 0.15) is 24.6 Å². The van der Waals surface area contributed by atoms with Gasteiger partial charge in [0.25, 0.3) is 0 Å². The standard InChI is InChI=1S/C13H22N4O/c1-14-8-12-13(11-7-15-9-16(11)2)17(5-6-18-12)10-3-4-10/h7,9-10,12-14H,3-6,8H2,1-2H3. The lowest BCUT2D eigenvalue weighted by Gasteiger charge is -2.41. The van der Waals surface area contributed by atoms with Crippen LogP contribution in [-0.2, 0) is 11.8 Å². The highest BCUT2D eigenvalue weighted by atomic mass is 16.5. The zero-order valence-corrected chi connectivity index (χ0v) is 11.2. The Labute approximate surface area is 108 Å². The van der Waals surface area contributed by atoms with Crippen molar-refractivity contribution in [3.63, 3.8) is 0 Å². The average molecular weight is 250 g/mol. The quantitative estimate of drug-likeness (QED) is 0.847. The van der Waals surface area contributed by atoms with Crippen LogP contribution in [0.2, 0.25) is 0 Å². The fraction of sp³-hybridized carbons (Fsp3) is 0.769. The summed E-state index contributed by atoms with van der Waals surface area (Å²) in [5, 5.41) is 3.25. The number of rotatable bonds is 4. The fourth-order valence-corrected chi connectivity index (χ4v) is 2.95. The molecule has 1 saturated carbocycles. The summed E-state index contributed by atoms with van der Waals surface area (Å²) in [5.41, 5.74) is 1.27. The average Bonchev–Trinajstić information content (AvgIpc) is 3.13. The van der Waals surface area contributed by atoms with Crippen molar-refractivity contribution in [1.82, 2.24) is 19.8 Å². The zero-order valence-electron chi connectivity index (χ0n) is 11.2. The normalized spacial score (nSPS) is 29.7. The third-order valence-electron chi connectivity index (χ3n) is 3.97. The fourth-order valence-electron chi connectivity index (χ4n) is 2.95. The minimum Gasteiger partial charge on any atom is -0.374 e. The second-order valence-corrected chi connectivity index (χ2v) is 5.31. The van der Waals surface area contributed by atoms with E-state index in [1.54, 1.807) is 0 Å². The molecule has 0 aromatic carbocycles. The van der Waals surface area contributed by atoms with Gasteiger partial charge in [-0.15, -0.1) is 0 Å². The maximum Gasteiger partial charge on any atom is 0.0946 e. The van der Waals surface area contributed by atoms with E-state index in [1.165, 1.54) is 18.5 Å². The van der Waals surface area contributed by atoms with Gasteiger partial charge in [0.1, 0.15) is 0 Å².